The van der Waals surface area contributed by atoms with E-state index in [0.29, 0.717) is 24.8 Å². The van der Waals surface area contributed by atoms with Crippen molar-refractivity contribution in [3.63, 3.8) is 0 Å². The summed E-state index contributed by atoms with van der Waals surface area (Å²) in [5.74, 6) is 0.928. The Balaban J connectivity index is 2.13. The second kappa shape index (κ2) is 4.09. The molecule has 1 aliphatic heterocycles. The highest BCUT2D eigenvalue weighted by atomic mass is 16.5. The monoisotopic (exact) mass is 226 g/mol. The third kappa shape index (κ3) is 2.13. The molecule has 0 bridgehead atoms. The summed E-state index contributed by atoms with van der Waals surface area (Å²) in [6.07, 6.45) is -0.490. The van der Waals surface area contributed by atoms with E-state index in [9.17, 15) is 4.79 Å². The Morgan fingerprint density at radius 3 is 2.88 bits per heavy atom. The van der Waals surface area contributed by atoms with Gasteiger partial charge in [0.25, 0.3) is 5.89 Å². The van der Waals surface area contributed by atoms with Crippen LogP contribution in [0.1, 0.15) is 24.7 Å². The first kappa shape index (κ1) is 10.9. The van der Waals surface area contributed by atoms with E-state index in [2.05, 4.69) is 10.1 Å². The van der Waals surface area contributed by atoms with E-state index < -0.39 is 12.1 Å². The molecular weight excluding hydrogens is 212 g/mol. The molecule has 2 rings (SSSR count). The first-order chi connectivity index (χ1) is 7.56. The summed E-state index contributed by atoms with van der Waals surface area (Å²) in [6.45, 7) is 4.43. The van der Waals surface area contributed by atoms with Gasteiger partial charge in [-0.25, -0.2) is 4.79 Å². The molecule has 2 N–H and O–H groups in total. The Labute approximate surface area is 92.5 Å². The Kier molecular flexibility index (Phi) is 2.78. The van der Waals surface area contributed by atoms with Gasteiger partial charge in [-0.15, -0.1) is 0 Å². The van der Waals surface area contributed by atoms with E-state index in [0.717, 1.165) is 0 Å². The van der Waals surface area contributed by atoms with Crippen LogP contribution >= 0.6 is 0 Å². The van der Waals surface area contributed by atoms with Crippen molar-refractivity contribution in [3.05, 3.63) is 11.7 Å². The lowest BCUT2D eigenvalue weighted by atomic mass is 10.2. The molecule has 16 heavy (non-hydrogen) atoms. The van der Waals surface area contributed by atoms with Gasteiger partial charge in [0.2, 0.25) is 0 Å². The number of urea groups is 1. The van der Waals surface area contributed by atoms with Gasteiger partial charge in [-0.2, -0.15) is 4.98 Å². The van der Waals surface area contributed by atoms with Crippen molar-refractivity contribution in [3.8, 4) is 0 Å². The molecule has 1 saturated heterocycles. The number of primary amides is 1. The SMILES string of the molecule is Cc1noc([C@H]2CN(C(N)=O)C[C@@H](C)O2)n1. The molecule has 7 heteroatoms. The van der Waals surface area contributed by atoms with Crippen LogP contribution in [-0.2, 0) is 4.74 Å². The number of carbonyl (C=O) groups is 1. The smallest absolute Gasteiger partial charge is 0.314 e. The zero-order chi connectivity index (χ0) is 11.7. The molecule has 1 aliphatic rings. The highest BCUT2D eigenvalue weighted by Crippen LogP contribution is 2.23. The average molecular weight is 226 g/mol. The number of hydrogen-bond acceptors (Lipinski definition) is 5. The molecule has 0 unspecified atom stereocenters. The molecule has 2 atom stereocenters. The third-order valence-corrected chi connectivity index (χ3v) is 2.39. The van der Waals surface area contributed by atoms with Crippen molar-refractivity contribution in [2.75, 3.05) is 13.1 Å². The average Bonchev–Trinajstić information content (AvgIpc) is 2.64. The predicted molar refractivity (Wildman–Crippen MR) is 53.5 cm³/mol. The summed E-state index contributed by atoms with van der Waals surface area (Å²) < 4.78 is 10.6. The van der Waals surface area contributed by atoms with Gasteiger partial charge >= 0.3 is 6.03 Å². The second-order valence-corrected chi connectivity index (χ2v) is 3.86. The normalized spacial score (nSPS) is 25.8. The largest absolute Gasteiger partial charge is 0.362 e. The van der Waals surface area contributed by atoms with E-state index in [1.807, 2.05) is 6.92 Å². The number of nitrogens with zero attached hydrogens (tertiary/aromatic N) is 3. The van der Waals surface area contributed by atoms with Gasteiger partial charge in [0.1, 0.15) is 0 Å². The van der Waals surface area contributed by atoms with E-state index in [1.54, 1.807) is 6.92 Å². The molecule has 1 aromatic heterocycles. The molecule has 0 spiro atoms. The maximum atomic E-state index is 11.1. The van der Waals surface area contributed by atoms with Crippen molar-refractivity contribution in [1.82, 2.24) is 15.0 Å². The Morgan fingerprint density at radius 1 is 1.56 bits per heavy atom. The first-order valence-corrected chi connectivity index (χ1v) is 5.06. The van der Waals surface area contributed by atoms with E-state index >= 15 is 0 Å². The van der Waals surface area contributed by atoms with Crippen molar-refractivity contribution >= 4 is 6.03 Å². The maximum Gasteiger partial charge on any atom is 0.314 e. The molecular formula is C9H14N4O3. The van der Waals surface area contributed by atoms with Gasteiger partial charge in [-0.1, -0.05) is 5.16 Å². The summed E-state index contributed by atoms with van der Waals surface area (Å²) >= 11 is 0. The molecule has 88 valence electrons. The van der Waals surface area contributed by atoms with Crippen LogP contribution in [0, 0.1) is 6.92 Å². The fourth-order valence-electron chi connectivity index (χ4n) is 1.71. The second-order valence-electron chi connectivity index (χ2n) is 3.86. The van der Waals surface area contributed by atoms with Crippen LogP contribution in [0.5, 0.6) is 0 Å². The summed E-state index contributed by atoms with van der Waals surface area (Å²) in [6, 6.07) is -0.462. The minimum absolute atomic E-state index is 0.0987. The Morgan fingerprint density at radius 2 is 2.31 bits per heavy atom. The fourth-order valence-corrected chi connectivity index (χ4v) is 1.71. The van der Waals surface area contributed by atoms with E-state index in [-0.39, 0.29) is 6.10 Å². The third-order valence-electron chi connectivity index (χ3n) is 2.39. The van der Waals surface area contributed by atoms with Crippen LogP contribution in [0.25, 0.3) is 0 Å². The zero-order valence-corrected chi connectivity index (χ0v) is 9.21. The molecule has 0 aliphatic carbocycles. The van der Waals surface area contributed by atoms with Crippen LogP contribution in [0.15, 0.2) is 4.52 Å². The molecule has 0 radical (unpaired) electrons. The standard InChI is InChI=1S/C9H14N4O3/c1-5-3-13(9(10)14)4-7(15-5)8-11-6(2)12-16-8/h5,7H,3-4H2,1-2H3,(H2,10,14)/t5-,7-/m1/s1. The number of nitrogens with two attached hydrogens (primary N) is 1. The minimum atomic E-state index is -0.462. The lowest BCUT2D eigenvalue weighted by molar-refractivity contribution is -0.0773. The first-order valence-electron chi connectivity index (χ1n) is 5.06. The number of hydrogen-bond donors (Lipinski definition) is 1. The van der Waals surface area contributed by atoms with Crippen LogP contribution in [0.4, 0.5) is 4.79 Å². The van der Waals surface area contributed by atoms with Gasteiger partial charge in [0.15, 0.2) is 11.9 Å². The number of amides is 2. The molecule has 0 aromatic carbocycles. The van der Waals surface area contributed by atoms with E-state index in [4.69, 9.17) is 15.0 Å². The van der Waals surface area contributed by atoms with Gasteiger partial charge in [0, 0.05) is 6.54 Å². The minimum Gasteiger partial charge on any atom is -0.362 e. The van der Waals surface area contributed by atoms with Gasteiger partial charge in [-0.3, -0.25) is 0 Å². The lowest BCUT2D eigenvalue weighted by Crippen LogP contribution is -2.48. The highest BCUT2D eigenvalue weighted by Gasteiger charge is 2.31. The Hall–Kier alpha value is -1.63. The van der Waals surface area contributed by atoms with Crippen LogP contribution in [0.3, 0.4) is 0 Å². The van der Waals surface area contributed by atoms with Gasteiger partial charge in [0.05, 0.1) is 12.6 Å². The van der Waals surface area contributed by atoms with Crippen molar-refractivity contribution in [2.24, 2.45) is 5.73 Å². The zero-order valence-electron chi connectivity index (χ0n) is 9.21. The van der Waals surface area contributed by atoms with Gasteiger partial charge < -0.3 is 19.9 Å². The molecule has 0 saturated carbocycles. The molecule has 2 amide bonds. The Bertz CT molecular complexity index is 392. The quantitative estimate of drug-likeness (QED) is 0.739. The number of aromatic nitrogens is 2. The number of carbonyl (C=O) groups excluding carboxylic acids is 1. The molecule has 1 fully saturated rings. The number of aryl methyl sites for hydroxylation is 1. The van der Waals surface area contributed by atoms with Gasteiger partial charge in [-0.05, 0) is 13.8 Å². The van der Waals surface area contributed by atoms with Crippen LogP contribution < -0.4 is 5.73 Å². The van der Waals surface area contributed by atoms with Crippen molar-refractivity contribution in [2.45, 2.75) is 26.1 Å². The highest BCUT2D eigenvalue weighted by molar-refractivity contribution is 5.72. The molecule has 2 heterocycles. The van der Waals surface area contributed by atoms with E-state index in [1.165, 1.54) is 4.90 Å². The number of ether oxygens (including phenoxy) is 1. The predicted octanol–water partition coefficient (Wildman–Crippen LogP) is 0.219. The van der Waals surface area contributed by atoms with Crippen LogP contribution in [-0.4, -0.2) is 40.3 Å². The number of rotatable bonds is 1. The number of morpholine rings is 1. The van der Waals surface area contributed by atoms with Crippen molar-refractivity contribution in [1.29, 1.82) is 0 Å². The molecule has 7 nitrogen and oxygen atoms in total. The van der Waals surface area contributed by atoms with Crippen molar-refractivity contribution < 1.29 is 14.1 Å². The fraction of sp³-hybridized carbons (Fsp3) is 0.667. The summed E-state index contributed by atoms with van der Waals surface area (Å²) in [5, 5.41) is 3.69. The summed E-state index contributed by atoms with van der Waals surface area (Å²) in [4.78, 5) is 16.7. The lowest BCUT2D eigenvalue weighted by Gasteiger charge is -2.34. The van der Waals surface area contributed by atoms with Crippen LogP contribution in [0.2, 0.25) is 0 Å². The molecule has 1 aromatic rings. The summed E-state index contributed by atoms with van der Waals surface area (Å²) in [5.41, 5.74) is 5.24. The maximum absolute atomic E-state index is 11.1. The summed E-state index contributed by atoms with van der Waals surface area (Å²) in [7, 11) is 0. The topological polar surface area (TPSA) is 94.5 Å².